The van der Waals surface area contributed by atoms with E-state index in [2.05, 4.69) is 15.3 Å². The molecule has 1 fully saturated rings. The molecule has 3 heterocycles. The normalized spacial score (nSPS) is 21.1. The van der Waals surface area contributed by atoms with Crippen LogP contribution >= 0.6 is 0 Å². The number of nitrogens with one attached hydrogen (secondary N) is 1. The number of hydrogen-bond donors (Lipinski definition) is 1. The highest BCUT2D eigenvalue weighted by molar-refractivity contribution is 5.91. The van der Waals surface area contributed by atoms with Gasteiger partial charge in [-0.05, 0) is 57.3 Å². The van der Waals surface area contributed by atoms with E-state index in [4.69, 9.17) is 4.42 Å². The van der Waals surface area contributed by atoms with E-state index in [9.17, 15) is 4.79 Å². The van der Waals surface area contributed by atoms with E-state index >= 15 is 0 Å². The van der Waals surface area contributed by atoms with Crippen molar-refractivity contribution in [1.82, 2.24) is 20.0 Å². The van der Waals surface area contributed by atoms with Crippen molar-refractivity contribution in [2.75, 3.05) is 13.1 Å². The van der Waals surface area contributed by atoms with Crippen molar-refractivity contribution in [1.29, 1.82) is 0 Å². The average molecular weight is 342 g/mol. The summed E-state index contributed by atoms with van der Waals surface area (Å²) in [7, 11) is 1.96. The lowest BCUT2D eigenvalue weighted by molar-refractivity contribution is 0.0900. The lowest BCUT2D eigenvalue weighted by Crippen LogP contribution is -2.30. The fourth-order valence-corrected chi connectivity index (χ4v) is 4.01. The summed E-state index contributed by atoms with van der Waals surface area (Å²) < 4.78 is 7.72. The third-order valence-electron chi connectivity index (χ3n) is 5.39. The van der Waals surface area contributed by atoms with E-state index in [-0.39, 0.29) is 11.9 Å². The molecule has 6 heteroatoms. The number of amides is 1. The van der Waals surface area contributed by atoms with Crippen LogP contribution in [0.3, 0.4) is 0 Å². The Kier molecular flexibility index (Phi) is 4.61. The largest absolute Gasteiger partial charge is 0.455 e. The monoisotopic (exact) mass is 342 g/mol. The molecular formula is C19H26N4O2. The number of aryl methyl sites for hydroxylation is 1. The first kappa shape index (κ1) is 16.4. The molecule has 2 aliphatic rings. The van der Waals surface area contributed by atoms with Crippen LogP contribution in [0.25, 0.3) is 0 Å². The summed E-state index contributed by atoms with van der Waals surface area (Å²) in [6, 6.07) is 3.75. The molecule has 6 nitrogen and oxygen atoms in total. The van der Waals surface area contributed by atoms with Gasteiger partial charge in [0.2, 0.25) is 0 Å². The standard InChI is InChI=1S/C19H26N4O2/c1-22-17-7-5-6-16(15(17)12-20-22)21-19(24)18-9-8-14(25-18)13-23-10-3-2-4-11-23/h8-9,12,16H,2-7,10-11,13H2,1H3,(H,21,24)/t16-/m0/s1. The molecule has 1 aliphatic carbocycles. The Morgan fingerprint density at radius 3 is 2.96 bits per heavy atom. The van der Waals surface area contributed by atoms with Crippen LogP contribution in [0.15, 0.2) is 22.7 Å². The fraction of sp³-hybridized carbons (Fsp3) is 0.579. The molecule has 25 heavy (non-hydrogen) atoms. The molecule has 2 aromatic rings. The number of piperidine rings is 1. The number of carbonyl (C=O) groups is 1. The number of aromatic nitrogens is 2. The number of carbonyl (C=O) groups excluding carboxylic acids is 1. The molecule has 0 aromatic carbocycles. The van der Waals surface area contributed by atoms with Crippen molar-refractivity contribution < 1.29 is 9.21 Å². The fourth-order valence-electron chi connectivity index (χ4n) is 4.01. The molecule has 1 N–H and O–H groups in total. The zero-order valence-electron chi connectivity index (χ0n) is 14.8. The third-order valence-corrected chi connectivity index (χ3v) is 5.39. The maximum atomic E-state index is 12.6. The summed E-state index contributed by atoms with van der Waals surface area (Å²) in [6.07, 6.45) is 8.75. The maximum absolute atomic E-state index is 12.6. The van der Waals surface area contributed by atoms with Crippen molar-refractivity contribution in [3.63, 3.8) is 0 Å². The van der Waals surface area contributed by atoms with Gasteiger partial charge in [0, 0.05) is 18.3 Å². The SMILES string of the molecule is Cn1ncc2c1CCC[C@@H]2NC(=O)c1ccc(CN2CCCCC2)o1. The van der Waals surface area contributed by atoms with Crippen LogP contribution in [0.2, 0.25) is 0 Å². The van der Waals surface area contributed by atoms with Crippen LogP contribution in [-0.4, -0.2) is 33.7 Å². The maximum Gasteiger partial charge on any atom is 0.287 e. The second kappa shape index (κ2) is 7.04. The van der Waals surface area contributed by atoms with Gasteiger partial charge in [-0.25, -0.2) is 0 Å². The Morgan fingerprint density at radius 2 is 2.12 bits per heavy atom. The van der Waals surface area contributed by atoms with Gasteiger partial charge in [-0.1, -0.05) is 6.42 Å². The van der Waals surface area contributed by atoms with Crippen LogP contribution in [0.1, 0.15) is 65.7 Å². The highest BCUT2D eigenvalue weighted by atomic mass is 16.4. The molecular weight excluding hydrogens is 316 g/mol. The van der Waals surface area contributed by atoms with Gasteiger partial charge in [-0.15, -0.1) is 0 Å². The molecule has 2 aromatic heterocycles. The summed E-state index contributed by atoms with van der Waals surface area (Å²) >= 11 is 0. The second-order valence-corrected chi connectivity index (χ2v) is 7.19. The minimum atomic E-state index is -0.133. The predicted molar refractivity (Wildman–Crippen MR) is 94.2 cm³/mol. The van der Waals surface area contributed by atoms with E-state index in [0.29, 0.717) is 5.76 Å². The van der Waals surface area contributed by atoms with Crippen molar-refractivity contribution in [2.24, 2.45) is 7.05 Å². The van der Waals surface area contributed by atoms with Crippen LogP contribution in [0, 0.1) is 0 Å². The van der Waals surface area contributed by atoms with Gasteiger partial charge < -0.3 is 9.73 Å². The first-order chi connectivity index (χ1) is 12.2. The molecule has 1 amide bonds. The first-order valence-corrected chi connectivity index (χ1v) is 9.33. The molecule has 4 rings (SSSR count). The Morgan fingerprint density at radius 1 is 1.28 bits per heavy atom. The molecule has 0 bridgehead atoms. The molecule has 0 radical (unpaired) electrons. The lowest BCUT2D eigenvalue weighted by Gasteiger charge is -2.25. The molecule has 134 valence electrons. The van der Waals surface area contributed by atoms with Gasteiger partial charge in [-0.2, -0.15) is 5.10 Å². The van der Waals surface area contributed by atoms with Crippen molar-refractivity contribution in [2.45, 2.75) is 51.1 Å². The first-order valence-electron chi connectivity index (χ1n) is 9.33. The Balaban J connectivity index is 1.40. The molecule has 0 saturated carbocycles. The van der Waals surface area contributed by atoms with Crippen LogP contribution in [0.4, 0.5) is 0 Å². The number of rotatable bonds is 4. The smallest absolute Gasteiger partial charge is 0.287 e. The van der Waals surface area contributed by atoms with Crippen molar-refractivity contribution in [3.05, 3.63) is 41.1 Å². The minimum absolute atomic E-state index is 0.0283. The topological polar surface area (TPSA) is 63.3 Å². The predicted octanol–water partition coefficient (Wildman–Crippen LogP) is 2.81. The molecule has 0 spiro atoms. The molecule has 1 saturated heterocycles. The van der Waals surface area contributed by atoms with Crippen molar-refractivity contribution >= 4 is 5.91 Å². The number of hydrogen-bond acceptors (Lipinski definition) is 4. The highest BCUT2D eigenvalue weighted by Gasteiger charge is 2.26. The van der Waals surface area contributed by atoms with Crippen molar-refractivity contribution in [3.8, 4) is 0 Å². The van der Waals surface area contributed by atoms with Gasteiger partial charge in [0.1, 0.15) is 5.76 Å². The number of furan rings is 1. The number of fused-ring (bicyclic) bond motifs is 1. The zero-order chi connectivity index (χ0) is 17.2. The Bertz CT molecular complexity index is 742. The van der Waals surface area contributed by atoms with Gasteiger partial charge in [-0.3, -0.25) is 14.4 Å². The highest BCUT2D eigenvalue weighted by Crippen LogP contribution is 2.29. The van der Waals surface area contributed by atoms with Crippen LogP contribution in [0.5, 0.6) is 0 Å². The quantitative estimate of drug-likeness (QED) is 0.928. The molecule has 0 unspecified atom stereocenters. The minimum Gasteiger partial charge on any atom is -0.455 e. The van der Waals surface area contributed by atoms with E-state index < -0.39 is 0 Å². The van der Waals surface area contributed by atoms with Crippen LogP contribution in [-0.2, 0) is 20.0 Å². The Hall–Kier alpha value is -2.08. The molecule has 1 atom stereocenters. The van der Waals surface area contributed by atoms with E-state index in [0.717, 1.165) is 50.2 Å². The summed E-state index contributed by atoms with van der Waals surface area (Å²) in [5.74, 6) is 1.15. The average Bonchev–Trinajstić information content (AvgIpc) is 3.24. The molecule has 1 aliphatic heterocycles. The van der Waals surface area contributed by atoms with Gasteiger partial charge in [0.25, 0.3) is 5.91 Å². The van der Waals surface area contributed by atoms with Crippen LogP contribution < -0.4 is 5.32 Å². The Labute approximate surface area is 148 Å². The van der Waals surface area contributed by atoms with Gasteiger partial charge in [0.15, 0.2) is 5.76 Å². The summed E-state index contributed by atoms with van der Waals surface area (Å²) in [5, 5.41) is 7.46. The second-order valence-electron chi connectivity index (χ2n) is 7.19. The lowest BCUT2D eigenvalue weighted by atomic mass is 9.93. The van der Waals surface area contributed by atoms with E-state index in [1.54, 1.807) is 6.07 Å². The summed E-state index contributed by atoms with van der Waals surface area (Å²) in [5.41, 5.74) is 2.36. The van der Waals surface area contributed by atoms with Gasteiger partial charge in [0.05, 0.1) is 18.8 Å². The van der Waals surface area contributed by atoms with Gasteiger partial charge >= 0.3 is 0 Å². The van der Waals surface area contributed by atoms with E-state index in [1.165, 1.54) is 25.0 Å². The summed E-state index contributed by atoms with van der Waals surface area (Å²) in [4.78, 5) is 15.0. The number of likely N-dealkylation sites (tertiary alicyclic amines) is 1. The summed E-state index contributed by atoms with van der Waals surface area (Å²) in [6.45, 7) is 3.03. The third kappa shape index (κ3) is 3.49. The van der Waals surface area contributed by atoms with E-state index in [1.807, 2.05) is 24.0 Å². The zero-order valence-corrected chi connectivity index (χ0v) is 14.8. The number of nitrogens with zero attached hydrogens (tertiary/aromatic N) is 3.